The number of piperazine rings is 1. The van der Waals surface area contributed by atoms with E-state index in [1.807, 2.05) is 35.2 Å². The van der Waals surface area contributed by atoms with Gasteiger partial charge in [0.25, 0.3) is 5.91 Å². The number of benzene rings is 2. The van der Waals surface area contributed by atoms with E-state index < -0.39 is 11.9 Å². The summed E-state index contributed by atoms with van der Waals surface area (Å²) >= 11 is 0. The minimum atomic E-state index is -0.434. The molecule has 2 amide bonds. The summed E-state index contributed by atoms with van der Waals surface area (Å²) in [5.74, 6) is -0.388. The highest BCUT2D eigenvalue weighted by atomic mass is 19.1. The Kier molecular flexibility index (Phi) is 10.1. The van der Waals surface area contributed by atoms with Gasteiger partial charge in [0, 0.05) is 37.8 Å². The highest BCUT2D eigenvalue weighted by molar-refractivity contribution is 5.98. The van der Waals surface area contributed by atoms with Crippen LogP contribution >= 0.6 is 0 Å². The number of hydrogen-bond donors (Lipinski definition) is 3. The third kappa shape index (κ3) is 6.93. The number of alkyl carbamates (subject to hydrolysis) is 1. The molecule has 10 nitrogen and oxygen atoms in total. The van der Waals surface area contributed by atoms with Gasteiger partial charge in [-0.05, 0) is 38.3 Å². The lowest BCUT2D eigenvalue weighted by Gasteiger charge is -2.36. The number of aromatic nitrogens is 2. The van der Waals surface area contributed by atoms with E-state index in [1.165, 1.54) is 7.11 Å². The molecule has 2 aromatic carbocycles. The molecule has 0 spiro atoms. The van der Waals surface area contributed by atoms with Gasteiger partial charge in [-0.15, -0.1) is 0 Å². The van der Waals surface area contributed by atoms with Crippen LogP contribution in [0.15, 0.2) is 54.9 Å². The number of hydrogen-bond acceptors (Lipinski definition) is 7. The third-order valence-corrected chi connectivity index (χ3v) is 8.30. The summed E-state index contributed by atoms with van der Waals surface area (Å²) in [6, 6.07) is 14.5. The summed E-state index contributed by atoms with van der Waals surface area (Å²) in [4.78, 5) is 33.2. The number of nitrogens with zero attached hydrogens (tertiary/aromatic N) is 3. The molecule has 0 radical (unpaired) electrons. The summed E-state index contributed by atoms with van der Waals surface area (Å²) < 4.78 is 27.0. The number of carbonyl (C=O) groups is 2. The smallest absolute Gasteiger partial charge is 0.407 e. The standard InChI is InChI=1S/C32H41FN6O4/c1-3-43-32(41)37-24-12-7-8-14-26(24)39-21-36-29(30(39)22-10-5-4-6-11-22)31(40)38-19-18-34-20-23(38)16-17-35-25-13-9-15-27(42-2)28(25)33/h4-6,9-11,13,15,21,23-24,26,34-35H,3,7-8,12,14,16-20H2,1-2H3,(H,37,41)/t23-,24-,26-/m1/s1. The van der Waals surface area contributed by atoms with Gasteiger partial charge in [0.05, 0.1) is 43.5 Å². The predicted molar refractivity (Wildman–Crippen MR) is 163 cm³/mol. The first-order chi connectivity index (χ1) is 21.0. The summed E-state index contributed by atoms with van der Waals surface area (Å²) in [5, 5.41) is 9.61. The zero-order valence-electron chi connectivity index (χ0n) is 24.9. The Morgan fingerprint density at radius 1 is 1.12 bits per heavy atom. The van der Waals surface area contributed by atoms with Gasteiger partial charge in [-0.2, -0.15) is 0 Å². The minimum absolute atomic E-state index is 0.0665. The number of amides is 2. The molecule has 1 aromatic heterocycles. The molecule has 1 aliphatic heterocycles. The van der Waals surface area contributed by atoms with E-state index in [0.717, 1.165) is 36.9 Å². The molecule has 2 aliphatic rings. The van der Waals surface area contributed by atoms with Crippen LogP contribution in [0.3, 0.4) is 0 Å². The quantitative estimate of drug-likeness (QED) is 0.309. The van der Waals surface area contributed by atoms with E-state index in [-0.39, 0.29) is 29.8 Å². The van der Waals surface area contributed by atoms with Crippen LogP contribution in [0.4, 0.5) is 14.9 Å². The molecule has 43 heavy (non-hydrogen) atoms. The van der Waals surface area contributed by atoms with Crippen molar-refractivity contribution in [2.24, 2.45) is 0 Å². The minimum Gasteiger partial charge on any atom is -0.494 e. The van der Waals surface area contributed by atoms with E-state index in [2.05, 4.69) is 20.5 Å². The molecule has 0 bridgehead atoms. The number of methoxy groups -OCH3 is 1. The van der Waals surface area contributed by atoms with Crippen molar-refractivity contribution in [1.29, 1.82) is 0 Å². The van der Waals surface area contributed by atoms with Crippen LogP contribution in [0.2, 0.25) is 0 Å². The number of carbonyl (C=O) groups excluding carboxylic acids is 2. The maximum Gasteiger partial charge on any atom is 0.407 e. The van der Waals surface area contributed by atoms with Crippen LogP contribution in [0, 0.1) is 5.82 Å². The second-order valence-corrected chi connectivity index (χ2v) is 10.9. The van der Waals surface area contributed by atoms with Gasteiger partial charge in [0.2, 0.25) is 0 Å². The lowest BCUT2D eigenvalue weighted by Crippen LogP contribution is -2.54. The highest BCUT2D eigenvalue weighted by Crippen LogP contribution is 2.35. The molecular formula is C32H41FN6O4. The molecule has 1 aliphatic carbocycles. The molecule has 1 saturated carbocycles. The Bertz CT molecular complexity index is 1380. The van der Waals surface area contributed by atoms with Gasteiger partial charge < -0.3 is 34.9 Å². The van der Waals surface area contributed by atoms with Crippen molar-refractivity contribution in [3.05, 3.63) is 66.4 Å². The van der Waals surface area contributed by atoms with E-state index >= 15 is 0 Å². The third-order valence-electron chi connectivity index (χ3n) is 8.30. The van der Waals surface area contributed by atoms with Gasteiger partial charge in [0.15, 0.2) is 17.3 Å². The van der Waals surface area contributed by atoms with E-state index in [4.69, 9.17) is 14.5 Å². The summed E-state index contributed by atoms with van der Waals surface area (Å²) in [7, 11) is 1.44. The van der Waals surface area contributed by atoms with Crippen molar-refractivity contribution in [3.8, 4) is 17.0 Å². The van der Waals surface area contributed by atoms with Crippen molar-refractivity contribution in [2.75, 3.05) is 45.2 Å². The highest BCUT2D eigenvalue weighted by Gasteiger charge is 2.35. The fourth-order valence-electron chi connectivity index (χ4n) is 6.19. The molecule has 5 rings (SSSR count). The molecule has 0 unspecified atom stereocenters. The summed E-state index contributed by atoms with van der Waals surface area (Å²) in [6.07, 6.45) is 5.63. The van der Waals surface area contributed by atoms with Crippen molar-refractivity contribution in [1.82, 2.24) is 25.1 Å². The molecule has 3 N–H and O–H groups in total. The second kappa shape index (κ2) is 14.4. The molecule has 2 heterocycles. The average Bonchev–Trinajstić information content (AvgIpc) is 3.48. The SMILES string of the molecule is CCOC(=O)N[C@@H]1CCCC[C@H]1n1cnc(C(=O)N2CCNC[C@H]2CCNc2cccc(OC)c2F)c1-c1ccccc1. The fraction of sp³-hybridized carbons (Fsp3) is 0.469. The largest absolute Gasteiger partial charge is 0.494 e. The number of nitrogens with one attached hydrogen (secondary N) is 3. The van der Waals surface area contributed by atoms with Crippen LogP contribution in [0.5, 0.6) is 5.75 Å². The molecule has 230 valence electrons. The maximum absolute atomic E-state index is 14.7. The van der Waals surface area contributed by atoms with Gasteiger partial charge >= 0.3 is 6.09 Å². The van der Waals surface area contributed by atoms with Crippen LogP contribution < -0.4 is 20.7 Å². The predicted octanol–water partition coefficient (Wildman–Crippen LogP) is 4.84. The summed E-state index contributed by atoms with van der Waals surface area (Å²) in [6.45, 7) is 4.41. The molecular weight excluding hydrogens is 551 g/mol. The van der Waals surface area contributed by atoms with E-state index in [0.29, 0.717) is 50.6 Å². The topological polar surface area (TPSA) is 110 Å². The van der Waals surface area contributed by atoms with Crippen molar-refractivity contribution in [2.45, 2.75) is 57.2 Å². The molecule has 11 heteroatoms. The molecule has 3 atom stereocenters. The van der Waals surface area contributed by atoms with Crippen molar-refractivity contribution < 1.29 is 23.5 Å². The first kappa shape index (κ1) is 30.3. The fourth-order valence-corrected chi connectivity index (χ4v) is 6.19. The van der Waals surface area contributed by atoms with Crippen LogP contribution in [0.1, 0.15) is 55.6 Å². The Labute approximate surface area is 252 Å². The molecule has 1 saturated heterocycles. The maximum atomic E-state index is 14.7. The average molecular weight is 593 g/mol. The number of halogens is 1. The normalized spacial score (nSPS) is 20.3. The lowest BCUT2D eigenvalue weighted by atomic mass is 9.89. The Morgan fingerprint density at radius 2 is 1.93 bits per heavy atom. The second-order valence-electron chi connectivity index (χ2n) is 10.9. The van der Waals surface area contributed by atoms with Gasteiger partial charge in [0.1, 0.15) is 0 Å². The number of imidazole rings is 1. The van der Waals surface area contributed by atoms with Crippen LogP contribution in [-0.4, -0.2) is 78.4 Å². The monoisotopic (exact) mass is 592 g/mol. The zero-order chi connectivity index (χ0) is 30.2. The van der Waals surface area contributed by atoms with Gasteiger partial charge in [-0.1, -0.05) is 49.2 Å². The first-order valence-corrected chi connectivity index (χ1v) is 15.1. The number of anilines is 1. The van der Waals surface area contributed by atoms with Crippen molar-refractivity contribution in [3.63, 3.8) is 0 Å². The first-order valence-electron chi connectivity index (χ1n) is 15.1. The summed E-state index contributed by atoms with van der Waals surface area (Å²) in [5.41, 5.74) is 2.41. The van der Waals surface area contributed by atoms with Crippen LogP contribution in [0.25, 0.3) is 11.3 Å². The van der Waals surface area contributed by atoms with E-state index in [1.54, 1.807) is 31.5 Å². The van der Waals surface area contributed by atoms with Crippen molar-refractivity contribution >= 4 is 17.7 Å². The van der Waals surface area contributed by atoms with Gasteiger partial charge in [-0.3, -0.25) is 4.79 Å². The Balaban J connectivity index is 1.39. The molecule has 3 aromatic rings. The number of ether oxygens (including phenoxy) is 2. The zero-order valence-corrected chi connectivity index (χ0v) is 24.9. The van der Waals surface area contributed by atoms with E-state index in [9.17, 15) is 14.0 Å². The number of rotatable bonds is 10. The Hall–Kier alpha value is -4.12. The molecule has 2 fully saturated rings. The Morgan fingerprint density at radius 3 is 2.72 bits per heavy atom. The van der Waals surface area contributed by atoms with Gasteiger partial charge in [-0.25, -0.2) is 14.2 Å². The van der Waals surface area contributed by atoms with Crippen LogP contribution in [-0.2, 0) is 4.74 Å². The lowest BCUT2D eigenvalue weighted by molar-refractivity contribution is 0.0624.